The molecule has 0 unspecified atom stereocenters. The first-order chi connectivity index (χ1) is 13.5. The molecule has 0 radical (unpaired) electrons. The minimum atomic E-state index is -0.331. The number of thiophene rings is 1. The summed E-state index contributed by atoms with van der Waals surface area (Å²) < 4.78 is 5.27. The van der Waals surface area contributed by atoms with Gasteiger partial charge in [-0.2, -0.15) is 0 Å². The van der Waals surface area contributed by atoms with Crippen molar-refractivity contribution >= 4 is 28.2 Å². The van der Waals surface area contributed by atoms with E-state index in [9.17, 15) is 9.59 Å². The first-order valence-electron chi connectivity index (χ1n) is 10.2. The highest BCUT2D eigenvalue weighted by atomic mass is 32.1. The summed E-state index contributed by atoms with van der Waals surface area (Å²) in [6.45, 7) is 8.82. The van der Waals surface area contributed by atoms with Crippen LogP contribution in [0.1, 0.15) is 41.1 Å². The largest absolute Gasteiger partial charge is 0.462 e. The molecule has 0 bridgehead atoms. The third-order valence-electron chi connectivity index (χ3n) is 5.49. The number of fused-ring (bicyclic) bond motifs is 1. The van der Waals surface area contributed by atoms with Gasteiger partial charge in [0.2, 0.25) is 5.91 Å². The van der Waals surface area contributed by atoms with Crippen molar-refractivity contribution in [3.63, 3.8) is 0 Å². The summed E-state index contributed by atoms with van der Waals surface area (Å²) in [5.74, 6) is 0.176. The molecule has 3 rings (SSSR count). The number of hydrogen-bond acceptors (Lipinski definition) is 7. The van der Waals surface area contributed by atoms with Crippen molar-refractivity contribution in [3.05, 3.63) is 16.0 Å². The van der Waals surface area contributed by atoms with Gasteiger partial charge >= 0.3 is 5.97 Å². The molecule has 2 aliphatic rings. The third kappa shape index (κ3) is 5.11. The lowest BCUT2D eigenvalue weighted by Gasteiger charge is -2.33. The van der Waals surface area contributed by atoms with E-state index in [0.29, 0.717) is 36.2 Å². The van der Waals surface area contributed by atoms with Gasteiger partial charge in [0.05, 0.1) is 25.3 Å². The smallest absolute Gasteiger partial charge is 0.341 e. The highest BCUT2D eigenvalue weighted by Gasteiger charge is 2.29. The maximum Gasteiger partial charge on any atom is 0.341 e. The minimum Gasteiger partial charge on any atom is -0.462 e. The van der Waals surface area contributed by atoms with Crippen molar-refractivity contribution in [1.29, 1.82) is 0 Å². The molecule has 0 aromatic carbocycles. The zero-order chi connectivity index (χ0) is 20.1. The first-order valence-corrected chi connectivity index (χ1v) is 11.0. The average Bonchev–Trinajstić information content (AvgIpc) is 3.00. The summed E-state index contributed by atoms with van der Waals surface area (Å²) in [5, 5.41) is 12.7. The molecule has 1 aliphatic heterocycles. The zero-order valence-electron chi connectivity index (χ0n) is 16.8. The van der Waals surface area contributed by atoms with E-state index in [1.54, 1.807) is 6.92 Å². The Morgan fingerprint density at radius 2 is 1.96 bits per heavy atom. The fourth-order valence-electron chi connectivity index (χ4n) is 3.94. The van der Waals surface area contributed by atoms with Gasteiger partial charge < -0.3 is 15.2 Å². The van der Waals surface area contributed by atoms with Crippen molar-refractivity contribution < 1.29 is 19.4 Å². The summed E-state index contributed by atoms with van der Waals surface area (Å²) >= 11 is 1.53. The van der Waals surface area contributed by atoms with Gasteiger partial charge in [-0.15, -0.1) is 11.3 Å². The van der Waals surface area contributed by atoms with Crippen LogP contribution in [0, 0.1) is 5.92 Å². The SMILES string of the molecule is CCOC(=O)c1c(NC(=O)CN2CCN(CCO)CC2)sc2c1CC[C@H](C)C2. The predicted molar refractivity (Wildman–Crippen MR) is 110 cm³/mol. The molecule has 1 amide bonds. The van der Waals surface area contributed by atoms with Gasteiger partial charge in [0.25, 0.3) is 0 Å². The van der Waals surface area contributed by atoms with Crippen LogP contribution in [0.5, 0.6) is 0 Å². The molecule has 0 saturated carbocycles. The fraction of sp³-hybridized carbons (Fsp3) is 0.700. The quantitative estimate of drug-likeness (QED) is 0.666. The van der Waals surface area contributed by atoms with Crippen LogP contribution in [0.4, 0.5) is 5.00 Å². The van der Waals surface area contributed by atoms with Crippen molar-refractivity contribution in [2.45, 2.75) is 33.1 Å². The molecule has 2 heterocycles. The minimum absolute atomic E-state index is 0.0900. The predicted octanol–water partition coefficient (Wildman–Crippen LogP) is 1.60. The second kappa shape index (κ2) is 9.82. The highest BCUT2D eigenvalue weighted by Crippen LogP contribution is 2.40. The van der Waals surface area contributed by atoms with Gasteiger partial charge in [-0.25, -0.2) is 4.79 Å². The Labute approximate surface area is 170 Å². The summed E-state index contributed by atoms with van der Waals surface area (Å²) in [6.07, 6.45) is 2.88. The number of aliphatic hydroxyl groups is 1. The average molecular weight is 410 g/mol. The Morgan fingerprint density at radius 3 is 2.64 bits per heavy atom. The number of esters is 1. The summed E-state index contributed by atoms with van der Waals surface area (Å²) in [6, 6.07) is 0. The van der Waals surface area contributed by atoms with Crippen LogP contribution >= 0.6 is 11.3 Å². The number of ether oxygens (including phenoxy) is 1. The molecule has 7 nitrogen and oxygen atoms in total. The second-order valence-corrected chi connectivity index (χ2v) is 8.77. The summed E-state index contributed by atoms with van der Waals surface area (Å²) in [4.78, 5) is 30.7. The standard InChI is InChI=1S/C20H31N3O4S/c1-3-27-20(26)18-15-5-4-14(2)12-16(15)28-19(18)21-17(25)13-23-8-6-22(7-9-23)10-11-24/h14,24H,3-13H2,1-2H3,(H,21,25)/t14-/m0/s1. The van der Waals surface area contributed by atoms with E-state index in [0.717, 1.165) is 51.0 Å². The number of nitrogens with zero attached hydrogens (tertiary/aromatic N) is 2. The fourth-order valence-corrected chi connectivity index (χ4v) is 5.35. The lowest BCUT2D eigenvalue weighted by atomic mass is 9.88. The van der Waals surface area contributed by atoms with Gasteiger partial charge in [0, 0.05) is 37.6 Å². The van der Waals surface area contributed by atoms with Crippen molar-refractivity contribution in [2.75, 3.05) is 57.8 Å². The van der Waals surface area contributed by atoms with Crippen molar-refractivity contribution in [1.82, 2.24) is 9.80 Å². The molecule has 156 valence electrons. The Kier molecular flexibility index (Phi) is 7.45. The van der Waals surface area contributed by atoms with Crippen LogP contribution in [0.15, 0.2) is 0 Å². The molecule has 0 spiro atoms. The normalized spacial score (nSPS) is 20.6. The van der Waals surface area contributed by atoms with Gasteiger partial charge in [0.1, 0.15) is 5.00 Å². The first kappa shape index (κ1) is 21.2. The number of carbonyl (C=O) groups is 2. The maximum atomic E-state index is 12.6. The molecule has 1 aliphatic carbocycles. The number of hydrogen-bond donors (Lipinski definition) is 2. The molecular formula is C20H31N3O4S. The number of β-amino-alcohol motifs (C(OH)–C–C–N with tert-alkyl or cyclic N) is 1. The Morgan fingerprint density at radius 1 is 1.25 bits per heavy atom. The topological polar surface area (TPSA) is 82.1 Å². The number of aliphatic hydroxyl groups excluding tert-OH is 1. The molecule has 28 heavy (non-hydrogen) atoms. The Bertz CT molecular complexity index is 698. The van der Waals surface area contributed by atoms with Crippen LogP contribution in [-0.2, 0) is 22.4 Å². The number of piperazine rings is 1. The van der Waals surface area contributed by atoms with Crippen LogP contribution in [-0.4, -0.2) is 79.3 Å². The number of nitrogens with one attached hydrogen (secondary N) is 1. The molecule has 2 N–H and O–H groups in total. The van der Waals surface area contributed by atoms with E-state index < -0.39 is 0 Å². The molecule has 1 atom stereocenters. The summed E-state index contributed by atoms with van der Waals surface area (Å²) in [5.41, 5.74) is 1.63. The number of anilines is 1. The second-order valence-electron chi connectivity index (χ2n) is 7.67. The van der Waals surface area contributed by atoms with Crippen LogP contribution in [0.25, 0.3) is 0 Å². The van der Waals surface area contributed by atoms with Gasteiger partial charge in [-0.1, -0.05) is 6.92 Å². The molecule has 1 aromatic heterocycles. The van der Waals surface area contributed by atoms with Crippen LogP contribution < -0.4 is 5.32 Å². The zero-order valence-corrected chi connectivity index (χ0v) is 17.6. The lowest BCUT2D eigenvalue weighted by Crippen LogP contribution is -2.49. The van der Waals surface area contributed by atoms with Gasteiger partial charge in [0.15, 0.2) is 0 Å². The van der Waals surface area contributed by atoms with Crippen molar-refractivity contribution in [3.8, 4) is 0 Å². The molecule has 1 fully saturated rings. The maximum absolute atomic E-state index is 12.6. The molecule has 8 heteroatoms. The van der Waals surface area contributed by atoms with Crippen LogP contribution in [0.3, 0.4) is 0 Å². The monoisotopic (exact) mass is 409 g/mol. The highest BCUT2D eigenvalue weighted by molar-refractivity contribution is 7.17. The Balaban J connectivity index is 1.66. The van der Waals surface area contributed by atoms with Gasteiger partial charge in [-0.3, -0.25) is 14.6 Å². The molecular weight excluding hydrogens is 378 g/mol. The van der Waals surface area contributed by atoms with Gasteiger partial charge in [-0.05, 0) is 37.7 Å². The Hall–Kier alpha value is -1.48. The van der Waals surface area contributed by atoms with E-state index in [1.807, 2.05) is 0 Å². The van der Waals surface area contributed by atoms with Crippen molar-refractivity contribution in [2.24, 2.45) is 5.92 Å². The molecule has 1 aromatic rings. The van der Waals surface area contributed by atoms with Crippen LogP contribution in [0.2, 0.25) is 0 Å². The van der Waals surface area contributed by atoms with E-state index in [1.165, 1.54) is 16.2 Å². The lowest BCUT2D eigenvalue weighted by molar-refractivity contribution is -0.117. The molecule has 1 saturated heterocycles. The summed E-state index contributed by atoms with van der Waals surface area (Å²) in [7, 11) is 0. The number of rotatable bonds is 7. The number of carbonyl (C=O) groups excluding carboxylic acids is 2. The third-order valence-corrected chi connectivity index (χ3v) is 6.66. The number of amides is 1. The van der Waals surface area contributed by atoms with E-state index >= 15 is 0 Å². The van der Waals surface area contributed by atoms with E-state index in [4.69, 9.17) is 9.84 Å². The van der Waals surface area contributed by atoms with E-state index in [-0.39, 0.29) is 18.5 Å². The van der Waals surface area contributed by atoms with E-state index in [2.05, 4.69) is 22.0 Å².